The van der Waals surface area contributed by atoms with Gasteiger partial charge in [-0.15, -0.1) is 5.11 Å². The molecular formula is C21H13ClF3N7O3. The Hall–Kier alpha value is -4.31. The predicted octanol–water partition coefficient (Wildman–Crippen LogP) is 3.97. The number of carbonyl (C=O) groups excluding carboxylic acids is 1. The minimum atomic E-state index is -5.02. The molecule has 0 saturated heterocycles. The van der Waals surface area contributed by atoms with Crippen molar-refractivity contribution >= 4 is 17.5 Å². The molecule has 0 radical (unpaired) electrons. The van der Waals surface area contributed by atoms with Gasteiger partial charge < -0.3 is 4.74 Å². The number of nitriles is 1. The first-order valence-electron chi connectivity index (χ1n) is 9.75. The molecule has 0 aliphatic carbocycles. The largest absolute Gasteiger partial charge is 0.449 e. The van der Waals surface area contributed by atoms with E-state index in [9.17, 15) is 22.8 Å². The summed E-state index contributed by atoms with van der Waals surface area (Å²) in [6.45, 7) is -0.439. The maximum atomic E-state index is 13.6. The van der Waals surface area contributed by atoms with Gasteiger partial charge in [-0.25, -0.2) is 4.98 Å². The van der Waals surface area contributed by atoms with Gasteiger partial charge >= 0.3 is 6.18 Å². The third kappa shape index (κ3) is 4.97. The lowest BCUT2D eigenvalue weighted by Crippen LogP contribution is -2.28. The van der Waals surface area contributed by atoms with Gasteiger partial charge in [-0.05, 0) is 30.3 Å². The normalized spacial score (nSPS) is 15.6. The molecule has 0 bridgehead atoms. The SMILES string of the molecule is Cn1nccc1C1C=C(Cn2cnc(C(F)(F)F)c(Oc3cc(Cl)cc(C#N)c3)c2=O)C(=O)N=N1. The molecule has 14 heteroatoms. The Labute approximate surface area is 199 Å². The number of azo groups is 1. The highest BCUT2D eigenvalue weighted by Gasteiger charge is 2.39. The second-order valence-corrected chi connectivity index (χ2v) is 7.72. The Morgan fingerprint density at radius 3 is 2.69 bits per heavy atom. The number of aromatic nitrogens is 4. The number of hydrogen-bond acceptors (Lipinski definition) is 7. The summed E-state index contributed by atoms with van der Waals surface area (Å²) in [5, 5.41) is 20.6. The molecule has 1 aliphatic rings. The Bertz CT molecular complexity index is 1480. The van der Waals surface area contributed by atoms with Gasteiger partial charge in [0.05, 0.1) is 30.2 Å². The highest BCUT2D eigenvalue weighted by molar-refractivity contribution is 6.30. The summed E-state index contributed by atoms with van der Waals surface area (Å²) in [6.07, 6.45) is -1.40. The summed E-state index contributed by atoms with van der Waals surface area (Å²) in [5.41, 5.74) is -2.16. The Morgan fingerprint density at radius 2 is 2.03 bits per heavy atom. The molecule has 0 saturated carbocycles. The molecular weight excluding hydrogens is 491 g/mol. The minimum Gasteiger partial charge on any atom is -0.449 e. The highest BCUT2D eigenvalue weighted by Crippen LogP contribution is 2.35. The van der Waals surface area contributed by atoms with Crippen molar-refractivity contribution in [3.63, 3.8) is 0 Å². The van der Waals surface area contributed by atoms with Gasteiger partial charge in [-0.3, -0.25) is 18.8 Å². The molecule has 3 aromatic rings. The number of ether oxygens (including phenoxy) is 1. The zero-order chi connectivity index (χ0) is 25.3. The number of halogens is 4. The van der Waals surface area contributed by atoms with Crippen LogP contribution in [0.1, 0.15) is 23.0 Å². The first kappa shape index (κ1) is 23.8. The number of amides is 1. The molecule has 178 valence electrons. The van der Waals surface area contributed by atoms with Crippen LogP contribution in [0.3, 0.4) is 0 Å². The third-order valence-corrected chi connectivity index (χ3v) is 5.11. The van der Waals surface area contributed by atoms with Gasteiger partial charge in [0, 0.05) is 23.8 Å². The predicted molar refractivity (Wildman–Crippen MR) is 114 cm³/mol. The number of carbonyl (C=O) groups is 1. The van der Waals surface area contributed by atoms with E-state index in [0.29, 0.717) is 12.0 Å². The van der Waals surface area contributed by atoms with Crippen LogP contribution >= 0.6 is 11.6 Å². The lowest BCUT2D eigenvalue weighted by Gasteiger charge is -2.17. The van der Waals surface area contributed by atoms with Crippen LogP contribution in [0.25, 0.3) is 0 Å². The highest BCUT2D eigenvalue weighted by atomic mass is 35.5. The maximum absolute atomic E-state index is 13.6. The fourth-order valence-electron chi connectivity index (χ4n) is 3.28. The topological polar surface area (TPSA) is 128 Å². The number of alkyl halides is 3. The molecule has 1 unspecified atom stereocenters. The zero-order valence-electron chi connectivity index (χ0n) is 17.7. The fourth-order valence-corrected chi connectivity index (χ4v) is 3.50. The molecule has 0 fully saturated rings. The number of nitrogens with zero attached hydrogens (tertiary/aromatic N) is 7. The van der Waals surface area contributed by atoms with Crippen LogP contribution in [-0.4, -0.2) is 25.2 Å². The van der Waals surface area contributed by atoms with E-state index in [0.717, 1.165) is 16.7 Å². The van der Waals surface area contributed by atoms with Gasteiger partial charge in [0.15, 0.2) is 5.69 Å². The lowest BCUT2D eigenvalue weighted by molar-refractivity contribution is -0.142. The molecule has 1 aromatic carbocycles. The average molecular weight is 504 g/mol. The first-order chi connectivity index (χ1) is 16.6. The molecule has 3 heterocycles. The molecule has 2 aromatic heterocycles. The number of aryl methyl sites for hydroxylation is 1. The fraction of sp³-hybridized carbons (Fsp3) is 0.190. The van der Waals surface area contributed by atoms with E-state index in [2.05, 4.69) is 20.3 Å². The standard InChI is InChI=1S/C21H13ClF3N7O3/c1-31-16(2-3-28-31)15-6-12(19(33)30-29-15)9-32-10-27-18(21(23,24)25)17(20(32)34)35-14-5-11(8-26)4-13(22)7-14/h2-7,10,15H,9H2,1H3. The van der Waals surface area contributed by atoms with E-state index in [1.54, 1.807) is 19.2 Å². The smallest absolute Gasteiger partial charge is 0.437 e. The van der Waals surface area contributed by atoms with Gasteiger partial charge in [-0.2, -0.15) is 28.6 Å². The molecule has 35 heavy (non-hydrogen) atoms. The van der Waals surface area contributed by atoms with Crippen molar-refractivity contribution in [2.75, 3.05) is 0 Å². The Balaban J connectivity index is 1.74. The van der Waals surface area contributed by atoms with Crippen molar-refractivity contribution < 1.29 is 22.7 Å². The van der Waals surface area contributed by atoms with Gasteiger partial charge in [0.2, 0.25) is 5.75 Å². The van der Waals surface area contributed by atoms with Crippen LogP contribution in [0.15, 0.2) is 63.5 Å². The molecule has 1 atom stereocenters. The molecule has 4 rings (SSSR count). The van der Waals surface area contributed by atoms with Crippen molar-refractivity contribution in [3.05, 3.63) is 80.8 Å². The maximum Gasteiger partial charge on any atom is 0.437 e. The van der Waals surface area contributed by atoms with E-state index < -0.39 is 41.7 Å². The summed E-state index contributed by atoms with van der Waals surface area (Å²) in [7, 11) is 1.66. The van der Waals surface area contributed by atoms with E-state index in [1.807, 2.05) is 0 Å². The monoisotopic (exact) mass is 503 g/mol. The van der Waals surface area contributed by atoms with E-state index in [-0.39, 0.29) is 21.9 Å². The lowest BCUT2D eigenvalue weighted by atomic mass is 10.1. The molecule has 0 N–H and O–H groups in total. The van der Waals surface area contributed by atoms with Crippen LogP contribution in [0.5, 0.6) is 11.5 Å². The third-order valence-electron chi connectivity index (χ3n) is 4.89. The first-order valence-corrected chi connectivity index (χ1v) is 10.1. The summed E-state index contributed by atoms with van der Waals surface area (Å²) in [5.74, 6) is -2.17. The van der Waals surface area contributed by atoms with Gasteiger partial charge in [0.1, 0.15) is 11.8 Å². The average Bonchev–Trinajstić information content (AvgIpc) is 3.22. The summed E-state index contributed by atoms with van der Waals surface area (Å²) >= 11 is 5.88. The minimum absolute atomic E-state index is 0.00907. The molecule has 0 spiro atoms. The number of rotatable bonds is 5. The van der Waals surface area contributed by atoms with Crippen molar-refractivity contribution in [3.8, 4) is 17.6 Å². The van der Waals surface area contributed by atoms with Crippen LogP contribution in [0.2, 0.25) is 5.02 Å². The van der Waals surface area contributed by atoms with Crippen LogP contribution in [0, 0.1) is 11.3 Å². The van der Waals surface area contributed by atoms with Crippen molar-refractivity contribution in [1.82, 2.24) is 19.3 Å². The molecule has 1 amide bonds. The van der Waals surface area contributed by atoms with Crippen LogP contribution in [-0.2, 0) is 24.6 Å². The van der Waals surface area contributed by atoms with Crippen molar-refractivity contribution in [2.24, 2.45) is 17.3 Å². The van der Waals surface area contributed by atoms with E-state index >= 15 is 0 Å². The zero-order valence-corrected chi connectivity index (χ0v) is 18.4. The second-order valence-electron chi connectivity index (χ2n) is 7.28. The quantitative estimate of drug-likeness (QED) is 0.518. The van der Waals surface area contributed by atoms with Crippen LogP contribution in [0.4, 0.5) is 13.2 Å². The van der Waals surface area contributed by atoms with Gasteiger partial charge in [0.25, 0.3) is 11.5 Å². The number of benzene rings is 1. The van der Waals surface area contributed by atoms with Crippen molar-refractivity contribution in [2.45, 2.75) is 18.8 Å². The molecule has 1 aliphatic heterocycles. The summed E-state index contributed by atoms with van der Waals surface area (Å²) in [4.78, 5) is 28.6. The summed E-state index contributed by atoms with van der Waals surface area (Å²) < 4.78 is 48.3. The van der Waals surface area contributed by atoms with E-state index in [1.165, 1.54) is 23.0 Å². The van der Waals surface area contributed by atoms with Crippen molar-refractivity contribution in [1.29, 1.82) is 5.26 Å². The Kier molecular flexibility index (Phi) is 6.23. The Morgan fingerprint density at radius 1 is 1.26 bits per heavy atom. The number of hydrogen-bond donors (Lipinski definition) is 0. The van der Waals surface area contributed by atoms with Crippen LogP contribution < -0.4 is 10.3 Å². The second kappa shape index (κ2) is 9.15. The summed E-state index contributed by atoms with van der Waals surface area (Å²) in [6, 6.07) is 6.30. The van der Waals surface area contributed by atoms with Gasteiger partial charge in [-0.1, -0.05) is 11.6 Å². The molecule has 10 nitrogen and oxygen atoms in total. The van der Waals surface area contributed by atoms with E-state index in [4.69, 9.17) is 21.6 Å².